The van der Waals surface area contributed by atoms with Gasteiger partial charge in [-0.25, -0.2) is 4.79 Å². The lowest BCUT2D eigenvalue weighted by atomic mass is 10.0. The smallest absolute Gasteiger partial charge is 0.317 e. The summed E-state index contributed by atoms with van der Waals surface area (Å²) in [6, 6.07) is 4.78. The molecule has 2 atom stereocenters. The first kappa shape index (κ1) is 15.2. The number of hydrogen-bond acceptors (Lipinski definition) is 4. The molecule has 0 radical (unpaired) electrons. The van der Waals surface area contributed by atoms with Crippen LogP contribution < -0.4 is 5.32 Å². The number of hydrogen-bond donors (Lipinski definition) is 2. The average Bonchev–Trinajstić information content (AvgIpc) is 2.87. The van der Waals surface area contributed by atoms with Crippen molar-refractivity contribution in [2.45, 2.75) is 19.5 Å². The van der Waals surface area contributed by atoms with Gasteiger partial charge in [0, 0.05) is 12.7 Å². The topological polar surface area (TPSA) is 91.8 Å². The standard InChI is InChI=1S/C14H19N3O4/c1-9-4-3-5-10(15-9)6-17(2)14(20)16-12-8-21-7-11(12)13(18)19/h3-5,11-12H,6-8H2,1-2H3,(H,16,20)(H,18,19). The van der Waals surface area contributed by atoms with Crippen LogP contribution >= 0.6 is 0 Å². The number of carboxylic acid groups (broad SMARTS) is 1. The van der Waals surface area contributed by atoms with E-state index in [9.17, 15) is 9.59 Å². The SMILES string of the molecule is Cc1cccc(CN(C)C(=O)NC2COCC2C(=O)O)n1. The lowest BCUT2D eigenvalue weighted by Crippen LogP contribution is -2.47. The van der Waals surface area contributed by atoms with Crippen molar-refractivity contribution in [3.63, 3.8) is 0 Å². The number of nitrogens with one attached hydrogen (secondary N) is 1. The van der Waals surface area contributed by atoms with E-state index in [-0.39, 0.29) is 19.2 Å². The summed E-state index contributed by atoms with van der Waals surface area (Å²) >= 11 is 0. The van der Waals surface area contributed by atoms with E-state index in [4.69, 9.17) is 9.84 Å². The molecule has 2 N–H and O–H groups in total. The van der Waals surface area contributed by atoms with E-state index in [1.165, 1.54) is 4.90 Å². The Morgan fingerprint density at radius 3 is 2.90 bits per heavy atom. The second-order valence-electron chi connectivity index (χ2n) is 5.16. The first-order valence-corrected chi connectivity index (χ1v) is 6.72. The van der Waals surface area contributed by atoms with Crippen LogP contribution in [0.15, 0.2) is 18.2 Å². The van der Waals surface area contributed by atoms with Gasteiger partial charge in [0.2, 0.25) is 0 Å². The number of ether oxygens (including phenoxy) is 1. The first-order chi connectivity index (χ1) is 9.97. The normalized spacial score (nSPS) is 21.0. The van der Waals surface area contributed by atoms with Gasteiger partial charge in [-0.2, -0.15) is 0 Å². The maximum absolute atomic E-state index is 12.1. The molecule has 1 fully saturated rings. The fraction of sp³-hybridized carbons (Fsp3) is 0.500. The molecule has 7 nitrogen and oxygen atoms in total. The first-order valence-electron chi connectivity index (χ1n) is 6.72. The number of amides is 2. The Labute approximate surface area is 122 Å². The van der Waals surface area contributed by atoms with Gasteiger partial charge in [0.1, 0.15) is 5.92 Å². The zero-order valence-electron chi connectivity index (χ0n) is 12.1. The van der Waals surface area contributed by atoms with Crippen LogP contribution in [0.1, 0.15) is 11.4 Å². The van der Waals surface area contributed by atoms with Gasteiger partial charge < -0.3 is 20.1 Å². The zero-order valence-corrected chi connectivity index (χ0v) is 12.1. The predicted molar refractivity (Wildman–Crippen MR) is 74.7 cm³/mol. The van der Waals surface area contributed by atoms with E-state index in [0.29, 0.717) is 6.54 Å². The van der Waals surface area contributed by atoms with Gasteiger partial charge >= 0.3 is 12.0 Å². The molecule has 114 valence electrons. The summed E-state index contributed by atoms with van der Waals surface area (Å²) in [5, 5.41) is 11.7. The summed E-state index contributed by atoms with van der Waals surface area (Å²) in [5.74, 6) is -1.65. The molecule has 1 aliphatic rings. The molecule has 0 spiro atoms. The Balaban J connectivity index is 1.92. The molecule has 0 aliphatic carbocycles. The molecular weight excluding hydrogens is 274 g/mol. The van der Waals surface area contributed by atoms with E-state index in [2.05, 4.69) is 10.3 Å². The van der Waals surface area contributed by atoms with Crippen molar-refractivity contribution >= 4 is 12.0 Å². The van der Waals surface area contributed by atoms with E-state index >= 15 is 0 Å². The minimum Gasteiger partial charge on any atom is -0.481 e. The van der Waals surface area contributed by atoms with Crippen LogP contribution in [0, 0.1) is 12.8 Å². The predicted octanol–water partition coefficient (Wildman–Crippen LogP) is 0.631. The zero-order chi connectivity index (χ0) is 15.4. The molecule has 0 aromatic carbocycles. The highest BCUT2D eigenvalue weighted by Gasteiger charge is 2.35. The Morgan fingerprint density at radius 2 is 2.24 bits per heavy atom. The molecule has 2 amide bonds. The molecule has 0 bridgehead atoms. The minimum absolute atomic E-state index is 0.128. The van der Waals surface area contributed by atoms with Gasteiger partial charge in [-0.3, -0.25) is 9.78 Å². The van der Waals surface area contributed by atoms with Gasteiger partial charge in [0.05, 0.1) is 31.5 Å². The van der Waals surface area contributed by atoms with E-state index in [0.717, 1.165) is 11.4 Å². The Bertz CT molecular complexity index is 535. The summed E-state index contributed by atoms with van der Waals surface area (Å²) in [4.78, 5) is 28.9. The highest BCUT2D eigenvalue weighted by Crippen LogP contribution is 2.14. The molecule has 7 heteroatoms. The number of nitrogens with zero attached hydrogens (tertiary/aromatic N) is 2. The van der Waals surface area contributed by atoms with E-state index in [1.54, 1.807) is 7.05 Å². The fourth-order valence-corrected chi connectivity index (χ4v) is 2.21. The number of carbonyl (C=O) groups excluding carboxylic acids is 1. The van der Waals surface area contributed by atoms with Gasteiger partial charge in [-0.15, -0.1) is 0 Å². The number of carbonyl (C=O) groups is 2. The lowest BCUT2D eigenvalue weighted by Gasteiger charge is -2.22. The van der Waals surface area contributed by atoms with Crippen molar-refractivity contribution < 1.29 is 19.4 Å². The second-order valence-corrected chi connectivity index (χ2v) is 5.16. The Kier molecular flexibility index (Phi) is 4.74. The molecular formula is C14H19N3O4. The van der Waals surface area contributed by atoms with Crippen molar-refractivity contribution in [1.29, 1.82) is 0 Å². The summed E-state index contributed by atoms with van der Waals surface area (Å²) in [5.41, 5.74) is 1.67. The van der Waals surface area contributed by atoms with Crippen LogP contribution in [-0.2, 0) is 16.1 Å². The molecule has 2 rings (SSSR count). The maximum atomic E-state index is 12.1. The third kappa shape index (κ3) is 3.91. The number of aryl methyl sites for hydroxylation is 1. The van der Waals surface area contributed by atoms with Gasteiger partial charge in [0.25, 0.3) is 0 Å². The largest absolute Gasteiger partial charge is 0.481 e. The van der Waals surface area contributed by atoms with Crippen molar-refractivity contribution in [3.05, 3.63) is 29.6 Å². The van der Waals surface area contributed by atoms with Crippen LogP contribution in [0.4, 0.5) is 4.79 Å². The summed E-state index contributed by atoms with van der Waals surface area (Å²) in [7, 11) is 1.64. The van der Waals surface area contributed by atoms with Crippen LogP contribution in [0.25, 0.3) is 0 Å². The van der Waals surface area contributed by atoms with Crippen LogP contribution in [0.5, 0.6) is 0 Å². The number of rotatable bonds is 4. The molecule has 1 aromatic rings. The van der Waals surface area contributed by atoms with E-state index in [1.807, 2.05) is 25.1 Å². The molecule has 1 aliphatic heterocycles. The van der Waals surface area contributed by atoms with E-state index < -0.39 is 17.9 Å². The number of aromatic nitrogens is 1. The van der Waals surface area contributed by atoms with Crippen LogP contribution in [0.3, 0.4) is 0 Å². The number of urea groups is 1. The number of pyridine rings is 1. The molecule has 2 unspecified atom stereocenters. The quantitative estimate of drug-likeness (QED) is 0.849. The number of aliphatic carboxylic acids is 1. The summed E-state index contributed by atoms with van der Waals surface area (Å²) in [6.45, 7) is 2.60. The highest BCUT2D eigenvalue weighted by molar-refractivity contribution is 5.77. The minimum atomic E-state index is -0.958. The van der Waals surface area contributed by atoms with Crippen molar-refractivity contribution in [2.24, 2.45) is 5.92 Å². The molecule has 2 heterocycles. The summed E-state index contributed by atoms with van der Waals surface area (Å²) < 4.78 is 5.12. The Hall–Kier alpha value is -2.15. The van der Waals surface area contributed by atoms with Crippen molar-refractivity contribution in [2.75, 3.05) is 20.3 Å². The number of carboxylic acids is 1. The monoisotopic (exact) mass is 293 g/mol. The molecule has 0 saturated carbocycles. The maximum Gasteiger partial charge on any atom is 0.317 e. The molecule has 21 heavy (non-hydrogen) atoms. The van der Waals surface area contributed by atoms with Crippen LogP contribution in [0.2, 0.25) is 0 Å². The fourth-order valence-electron chi connectivity index (χ4n) is 2.21. The molecule has 1 aromatic heterocycles. The summed E-state index contributed by atoms with van der Waals surface area (Å²) in [6.07, 6.45) is 0. The van der Waals surface area contributed by atoms with Gasteiger partial charge in [-0.1, -0.05) is 6.07 Å². The van der Waals surface area contributed by atoms with Gasteiger partial charge in [0.15, 0.2) is 0 Å². The second kappa shape index (κ2) is 6.53. The molecule has 1 saturated heterocycles. The third-order valence-electron chi connectivity index (χ3n) is 3.40. The van der Waals surface area contributed by atoms with Crippen LogP contribution in [-0.4, -0.2) is 53.3 Å². The Morgan fingerprint density at radius 1 is 1.48 bits per heavy atom. The third-order valence-corrected chi connectivity index (χ3v) is 3.40. The average molecular weight is 293 g/mol. The highest BCUT2D eigenvalue weighted by atomic mass is 16.5. The van der Waals surface area contributed by atoms with Gasteiger partial charge in [-0.05, 0) is 19.1 Å². The van der Waals surface area contributed by atoms with Crippen molar-refractivity contribution in [3.8, 4) is 0 Å². The lowest BCUT2D eigenvalue weighted by molar-refractivity contribution is -0.142. The van der Waals surface area contributed by atoms with Crippen molar-refractivity contribution in [1.82, 2.24) is 15.2 Å².